The minimum atomic E-state index is -1.17. The summed E-state index contributed by atoms with van der Waals surface area (Å²) in [4.78, 5) is 39.8. The predicted octanol–water partition coefficient (Wildman–Crippen LogP) is 4.15. The van der Waals surface area contributed by atoms with E-state index in [-0.39, 0.29) is 59.3 Å². The number of ether oxygens (including phenoxy) is 1. The number of amides is 3. The second-order valence-electron chi connectivity index (χ2n) is 12.6. The van der Waals surface area contributed by atoms with E-state index >= 15 is 13.2 Å². The second-order valence-corrected chi connectivity index (χ2v) is 12.6. The molecule has 1 aromatic carbocycles. The van der Waals surface area contributed by atoms with Crippen molar-refractivity contribution in [1.29, 1.82) is 0 Å². The maximum Gasteiger partial charge on any atom is 0.410 e. The van der Waals surface area contributed by atoms with Gasteiger partial charge in [-0.25, -0.2) is 18.0 Å². The molecule has 0 spiro atoms. The quantitative estimate of drug-likeness (QED) is 0.549. The molecule has 0 radical (unpaired) electrons. The van der Waals surface area contributed by atoms with Gasteiger partial charge in [0.25, 0.3) is 0 Å². The summed E-state index contributed by atoms with van der Waals surface area (Å²) in [5.41, 5.74) is -0.213. The average Bonchev–Trinajstić information content (AvgIpc) is 3.20. The molecule has 12 heteroatoms. The zero-order valence-electron chi connectivity index (χ0n) is 24.0. The van der Waals surface area contributed by atoms with E-state index in [1.54, 1.807) is 27.8 Å². The Morgan fingerprint density at radius 3 is 2.46 bits per heavy atom. The molecule has 0 saturated carbocycles. The number of carbonyl (C=O) groups is 3. The van der Waals surface area contributed by atoms with E-state index in [4.69, 9.17) is 4.74 Å². The molecule has 1 unspecified atom stereocenters. The number of aromatic nitrogens is 2. The van der Waals surface area contributed by atoms with Crippen LogP contribution in [0.2, 0.25) is 0 Å². The SMILES string of the molecule is Cn1nc(C2CCC(=O)NC2=O)c2cc(F)c(C3CCN(C[C@H]4CCN(C(=O)OC(C)(C)C)C[C@H]4F)CC3)c(F)c21. The van der Waals surface area contributed by atoms with Gasteiger partial charge in [-0.3, -0.25) is 19.6 Å². The topological polar surface area (TPSA) is 96.8 Å². The molecule has 0 bridgehead atoms. The number of hydrogen-bond acceptors (Lipinski definition) is 6. The molecule has 41 heavy (non-hydrogen) atoms. The van der Waals surface area contributed by atoms with Crippen LogP contribution >= 0.6 is 0 Å². The number of rotatable bonds is 4. The summed E-state index contributed by atoms with van der Waals surface area (Å²) >= 11 is 0. The van der Waals surface area contributed by atoms with Crippen LogP contribution < -0.4 is 5.32 Å². The highest BCUT2D eigenvalue weighted by Gasteiger charge is 2.37. The van der Waals surface area contributed by atoms with Crippen LogP contribution in [0.15, 0.2) is 6.07 Å². The van der Waals surface area contributed by atoms with Gasteiger partial charge in [-0.1, -0.05) is 0 Å². The van der Waals surface area contributed by atoms with Crippen LogP contribution in [0, 0.1) is 17.6 Å². The van der Waals surface area contributed by atoms with E-state index < -0.39 is 41.3 Å². The van der Waals surface area contributed by atoms with Crippen LogP contribution in [0.4, 0.5) is 18.0 Å². The van der Waals surface area contributed by atoms with Crippen LogP contribution in [0.25, 0.3) is 10.9 Å². The number of aryl methyl sites for hydroxylation is 1. The number of nitrogens with zero attached hydrogens (tertiary/aromatic N) is 4. The normalized spacial score (nSPS) is 25.0. The van der Waals surface area contributed by atoms with Gasteiger partial charge in [-0.05, 0) is 71.5 Å². The van der Waals surface area contributed by atoms with Crippen LogP contribution in [0.5, 0.6) is 0 Å². The van der Waals surface area contributed by atoms with E-state index in [2.05, 4.69) is 15.3 Å². The number of nitrogens with one attached hydrogen (secondary N) is 1. The van der Waals surface area contributed by atoms with Gasteiger partial charge in [0.1, 0.15) is 23.1 Å². The van der Waals surface area contributed by atoms with E-state index in [9.17, 15) is 14.4 Å². The highest BCUT2D eigenvalue weighted by atomic mass is 19.1. The zero-order valence-corrected chi connectivity index (χ0v) is 24.0. The van der Waals surface area contributed by atoms with Crippen molar-refractivity contribution < 1.29 is 32.3 Å². The van der Waals surface area contributed by atoms with Crippen LogP contribution in [-0.2, 0) is 21.4 Å². The Labute approximate surface area is 237 Å². The van der Waals surface area contributed by atoms with Gasteiger partial charge >= 0.3 is 6.09 Å². The van der Waals surface area contributed by atoms with E-state index in [0.717, 1.165) is 0 Å². The van der Waals surface area contributed by atoms with Gasteiger partial charge in [-0.2, -0.15) is 5.10 Å². The molecule has 1 aromatic heterocycles. The first-order valence-corrected chi connectivity index (χ1v) is 14.3. The Morgan fingerprint density at radius 1 is 1.12 bits per heavy atom. The third-order valence-electron chi connectivity index (χ3n) is 8.47. The molecular weight excluding hydrogens is 539 g/mol. The van der Waals surface area contributed by atoms with E-state index in [1.165, 1.54) is 15.6 Å². The molecule has 3 aliphatic heterocycles. The van der Waals surface area contributed by atoms with Crippen molar-refractivity contribution in [2.45, 2.75) is 76.5 Å². The maximum atomic E-state index is 15.9. The summed E-state index contributed by atoms with van der Waals surface area (Å²) in [7, 11) is 1.56. The molecule has 5 rings (SSSR count). The third kappa shape index (κ3) is 6.07. The number of likely N-dealkylation sites (tertiary alicyclic amines) is 2. The average molecular weight is 578 g/mol. The molecule has 0 aliphatic carbocycles. The van der Waals surface area contributed by atoms with Gasteiger partial charge in [-0.15, -0.1) is 0 Å². The third-order valence-corrected chi connectivity index (χ3v) is 8.47. The number of alkyl halides is 1. The van der Waals surface area contributed by atoms with Gasteiger partial charge in [0, 0.05) is 43.4 Å². The highest BCUT2D eigenvalue weighted by molar-refractivity contribution is 6.02. The fourth-order valence-electron chi connectivity index (χ4n) is 6.37. The summed E-state index contributed by atoms with van der Waals surface area (Å²) in [6.07, 6.45) is 0.265. The lowest BCUT2D eigenvalue weighted by Gasteiger charge is -2.39. The lowest BCUT2D eigenvalue weighted by molar-refractivity contribution is -0.134. The molecule has 4 heterocycles. The molecule has 3 fully saturated rings. The standard InChI is InChI=1S/C29H38F3N5O4/c1-29(2,3)41-28(40)37-12-9-17(21(31)15-37)14-36-10-7-16(8-11-36)23-20(30)13-19-25(34-35(4)26(19)24(23)32)18-5-6-22(38)33-27(18)39/h13,16-18,21H,5-12,14-15H2,1-4H3,(H,33,38,39)/t17-,18?,21-/m1/s1. The Morgan fingerprint density at radius 2 is 1.83 bits per heavy atom. The van der Waals surface area contributed by atoms with Crippen LogP contribution in [-0.4, -0.2) is 82.0 Å². The second kappa shape index (κ2) is 11.3. The Hall–Kier alpha value is -3.15. The predicted molar refractivity (Wildman–Crippen MR) is 145 cm³/mol. The Bertz CT molecular complexity index is 1350. The number of imide groups is 1. The van der Waals surface area contributed by atoms with Crippen molar-refractivity contribution in [1.82, 2.24) is 24.9 Å². The largest absolute Gasteiger partial charge is 0.444 e. The molecular formula is C29H38F3N5O4. The fraction of sp³-hybridized carbons (Fsp3) is 0.655. The number of piperidine rings is 3. The molecule has 3 saturated heterocycles. The van der Waals surface area contributed by atoms with Gasteiger partial charge < -0.3 is 14.5 Å². The number of hydrogen-bond donors (Lipinski definition) is 1. The number of carbonyl (C=O) groups excluding carboxylic acids is 3. The smallest absolute Gasteiger partial charge is 0.410 e. The summed E-state index contributed by atoms with van der Waals surface area (Å²) in [6, 6.07) is 1.26. The maximum absolute atomic E-state index is 15.9. The molecule has 2 aromatic rings. The van der Waals surface area contributed by atoms with Crippen molar-refractivity contribution in [3.8, 4) is 0 Å². The molecule has 3 aliphatic rings. The molecule has 1 N–H and O–H groups in total. The summed E-state index contributed by atoms with van der Waals surface area (Å²) in [5, 5.41) is 6.88. The number of halogens is 3. The lowest BCUT2D eigenvalue weighted by atomic mass is 9.86. The monoisotopic (exact) mass is 577 g/mol. The Balaban J connectivity index is 1.23. The summed E-state index contributed by atoms with van der Waals surface area (Å²) < 4.78 is 53.1. The van der Waals surface area contributed by atoms with E-state index in [0.29, 0.717) is 45.4 Å². The van der Waals surface area contributed by atoms with Gasteiger partial charge in [0.15, 0.2) is 5.82 Å². The minimum absolute atomic E-state index is 0.00199. The van der Waals surface area contributed by atoms with Crippen molar-refractivity contribution in [2.75, 3.05) is 32.7 Å². The number of benzene rings is 1. The van der Waals surface area contributed by atoms with Crippen molar-refractivity contribution in [3.05, 3.63) is 29.0 Å². The number of fused-ring (bicyclic) bond motifs is 1. The molecule has 224 valence electrons. The highest BCUT2D eigenvalue weighted by Crippen LogP contribution is 2.38. The van der Waals surface area contributed by atoms with Crippen molar-refractivity contribution in [3.63, 3.8) is 0 Å². The first-order chi connectivity index (χ1) is 19.3. The molecule has 3 atom stereocenters. The van der Waals surface area contributed by atoms with Gasteiger partial charge in [0.2, 0.25) is 11.8 Å². The first-order valence-electron chi connectivity index (χ1n) is 14.3. The molecule has 3 amide bonds. The summed E-state index contributed by atoms with van der Waals surface area (Å²) in [6.45, 7) is 7.44. The minimum Gasteiger partial charge on any atom is -0.444 e. The fourth-order valence-corrected chi connectivity index (χ4v) is 6.37. The molecule has 9 nitrogen and oxygen atoms in total. The van der Waals surface area contributed by atoms with Crippen molar-refractivity contribution in [2.24, 2.45) is 13.0 Å². The van der Waals surface area contributed by atoms with Crippen molar-refractivity contribution >= 4 is 28.8 Å². The van der Waals surface area contributed by atoms with Gasteiger partial charge in [0.05, 0.1) is 18.2 Å². The van der Waals surface area contributed by atoms with E-state index in [1.807, 2.05) is 0 Å². The first kappa shape index (κ1) is 29.3. The van der Waals surface area contributed by atoms with Crippen LogP contribution in [0.3, 0.4) is 0 Å². The lowest BCUT2D eigenvalue weighted by Crippen LogP contribution is -2.50. The van der Waals surface area contributed by atoms with Crippen LogP contribution in [0.1, 0.15) is 76.0 Å². The summed E-state index contributed by atoms with van der Waals surface area (Å²) in [5.74, 6) is -3.55. The Kier molecular flexibility index (Phi) is 8.06. The zero-order chi connectivity index (χ0) is 29.6.